The average molecular weight is 377 g/mol. The fraction of sp³-hybridized carbons (Fsp3) is 0.533. The number of benzene rings is 1. The highest BCUT2D eigenvalue weighted by Gasteiger charge is 2.20. The quantitative estimate of drug-likeness (QED) is 0.825. The summed E-state index contributed by atoms with van der Waals surface area (Å²) in [5.41, 5.74) is 1.13. The van der Waals surface area contributed by atoms with Crippen molar-refractivity contribution in [2.75, 3.05) is 19.7 Å². The fourth-order valence-corrected chi connectivity index (χ4v) is 3.17. The highest BCUT2D eigenvalue weighted by molar-refractivity contribution is 9.10. The van der Waals surface area contributed by atoms with Crippen LogP contribution < -0.4 is 0 Å². The Hall–Kier alpha value is -0.620. The number of rotatable bonds is 6. The first-order valence-corrected chi connectivity index (χ1v) is 8.21. The second kappa shape index (κ2) is 8.13. The number of piperidine rings is 1. The van der Waals surface area contributed by atoms with Crippen LogP contribution in [0.25, 0.3) is 0 Å². The van der Waals surface area contributed by atoms with Gasteiger partial charge < -0.3 is 9.84 Å². The van der Waals surface area contributed by atoms with Crippen LogP contribution in [0.1, 0.15) is 24.8 Å². The summed E-state index contributed by atoms with van der Waals surface area (Å²) in [5.74, 6) is -0.808. The number of carbonyl (C=O) groups is 1. The smallest absolute Gasteiger partial charge is 0.305 e. The molecule has 1 heterocycles. The Morgan fingerprint density at radius 2 is 2.14 bits per heavy atom. The maximum absolute atomic E-state index is 10.4. The second-order valence-electron chi connectivity index (χ2n) is 5.23. The maximum atomic E-state index is 10.4. The summed E-state index contributed by atoms with van der Waals surface area (Å²) in [5, 5.41) is 9.37. The molecule has 1 aliphatic heterocycles. The van der Waals surface area contributed by atoms with Gasteiger partial charge in [0, 0.05) is 29.1 Å². The van der Waals surface area contributed by atoms with Gasteiger partial charge in [-0.15, -0.1) is 0 Å². The molecule has 1 N–H and O–H groups in total. The molecule has 0 amide bonds. The van der Waals surface area contributed by atoms with E-state index < -0.39 is 5.97 Å². The summed E-state index contributed by atoms with van der Waals surface area (Å²) < 4.78 is 6.58. The Labute approximate surface area is 138 Å². The Bertz CT molecular complexity index is 490. The highest BCUT2D eigenvalue weighted by atomic mass is 79.9. The molecule has 2 rings (SSSR count). The van der Waals surface area contributed by atoms with E-state index in [1.54, 1.807) is 0 Å². The number of likely N-dealkylation sites (tertiary alicyclic amines) is 1. The van der Waals surface area contributed by atoms with E-state index in [9.17, 15) is 4.79 Å². The summed E-state index contributed by atoms with van der Waals surface area (Å²) in [6.07, 6.45) is 2.14. The van der Waals surface area contributed by atoms with Crippen LogP contribution in [0.3, 0.4) is 0 Å². The minimum atomic E-state index is -0.808. The largest absolute Gasteiger partial charge is 0.481 e. The summed E-state index contributed by atoms with van der Waals surface area (Å²) >= 11 is 9.65. The molecule has 1 aromatic rings. The zero-order valence-electron chi connectivity index (χ0n) is 11.7. The molecule has 1 fully saturated rings. The van der Waals surface area contributed by atoms with Crippen molar-refractivity contribution in [2.45, 2.75) is 31.9 Å². The molecular weight excluding hydrogens is 358 g/mol. The van der Waals surface area contributed by atoms with Crippen LogP contribution in [0.15, 0.2) is 22.7 Å². The molecular formula is C15H19BrClNO3. The van der Waals surface area contributed by atoms with Crippen molar-refractivity contribution in [2.24, 2.45) is 0 Å². The molecule has 0 aliphatic carbocycles. The van der Waals surface area contributed by atoms with Crippen LogP contribution in [-0.4, -0.2) is 41.8 Å². The molecule has 116 valence electrons. The maximum Gasteiger partial charge on any atom is 0.305 e. The normalized spacial score (nSPS) is 17.0. The van der Waals surface area contributed by atoms with Gasteiger partial charge >= 0.3 is 5.97 Å². The highest BCUT2D eigenvalue weighted by Crippen LogP contribution is 2.24. The molecule has 1 saturated heterocycles. The molecule has 0 saturated carbocycles. The summed E-state index contributed by atoms with van der Waals surface area (Å²) in [6.45, 7) is 3.04. The van der Waals surface area contributed by atoms with E-state index in [0.29, 0.717) is 6.61 Å². The van der Waals surface area contributed by atoms with Crippen molar-refractivity contribution in [1.82, 2.24) is 4.90 Å². The van der Waals surface area contributed by atoms with Crippen molar-refractivity contribution in [3.63, 3.8) is 0 Å². The van der Waals surface area contributed by atoms with Crippen molar-refractivity contribution >= 4 is 33.5 Å². The first-order chi connectivity index (χ1) is 10.0. The van der Waals surface area contributed by atoms with Crippen LogP contribution in [-0.2, 0) is 16.1 Å². The lowest BCUT2D eigenvalue weighted by Crippen LogP contribution is -2.36. The summed E-state index contributed by atoms with van der Waals surface area (Å²) in [6, 6.07) is 5.96. The van der Waals surface area contributed by atoms with Gasteiger partial charge in [0.2, 0.25) is 0 Å². The van der Waals surface area contributed by atoms with Crippen molar-refractivity contribution < 1.29 is 14.6 Å². The number of carboxylic acid groups (broad SMARTS) is 1. The third-order valence-electron chi connectivity index (χ3n) is 3.61. The van der Waals surface area contributed by atoms with Crippen LogP contribution in [0.2, 0.25) is 5.02 Å². The average Bonchev–Trinajstić information content (AvgIpc) is 2.43. The molecule has 21 heavy (non-hydrogen) atoms. The van der Waals surface area contributed by atoms with Gasteiger partial charge in [0.15, 0.2) is 0 Å². The molecule has 0 bridgehead atoms. The molecule has 6 heteroatoms. The van der Waals surface area contributed by atoms with E-state index in [1.165, 1.54) is 0 Å². The lowest BCUT2D eigenvalue weighted by Gasteiger charge is -2.32. The predicted octanol–water partition coefficient (Wildman–Crippen LogP) is 3.56. The lowest BCUT2D eigenvalue weighted by atomic mass is 10.1. The van der Waals surface area contributed by atoms with Gasteiger partial charge in [-0.25, -0.2) is 0 Å². The van der Waals surface area contributed by atoms with E-state index in [2.05, 4.69) is 20.8 Å². The van der Waals surface area contributed by atoms with E-state index in [4.69, 9.17) is 21.4 Å². The second-order valence-corrected chi connectivity index (χ2v) is 6.55. The van der Waals surface area contributed by atoms with Gasteiger partial charge in [0.25, 0.3) is 0 Å². The monoisotopic (exact) mass is 375 g/mol. The van der Waals surface area contributed by atoms with Crippen molar-refractivity contribution in [3.05, 3.63) is 33.3 Å². The first kappa shape index (κ1) is 16.7. The molecule has 1 aromatic carbocycles. The van der Waals surface area contributed by atoms with Gasteiger partial charge in [-0.05, 0) is 30.5 Å². The SMILES string of the molecule is O=C(O)CCOC1CCN(Cc2ccc(Br)cc2Cl)CC1. The number of carboxylic acids is 1. The zero-order valence-corrected chi connectivity index (χ0v) is 14.1. The Morgan fingerprint density at radius 3 is 2.76 bits per heavy atom. The third-order valence-corrected chi connectivity index (χ3v) is 4.46. The van der Waals surface area contributed by atoms with E-state index in [1.807, 2.05) is 18.2 Å². The molecule has 0 spiro atoms. The topological polar surface area (TPSA) is 49.8 Å². The van der Waals surface area contributed by atoms with Crippen LogP contribution >= 0.6 is 27.5 Å². The minimum absolute atomic E-state index is 0.0781. The van der Waals surface area contributed by atoms with Gasteiger partial charge in [0.05, 0.1) is 19.1 Å². The predicted molar refractivity (Wildman–Crippen MR) is 85.7 cm³/mol. The van der Waals surface area contributed by atoms with Crippen LogP contribution in [0.5, 0.6) is 0 Å². The zero-order chi connectivity index (χ0) is 15.2. The number of halogens is 2. The Kier molecular flexibility index (Phi) is 6.48. The molecule has 0 atom stereocenters. The van der Waals surface area contributed by atoms with Gasteiger partial charge in [-0.1, -0.05) is 33.6 Å². The third kappa shape index (κ3) is 5.58. The number of ether oxygens (including phenoxy) is 1. The Balaban J connectivity index is 1.75. The van der Waals surface area contributed by atoms with Gasteiger partial charge in [-0.2, -0.15) is 0 Å². The fourth-order valence-electron chi connectivity index (χ4n) is 2.44. The van der Waals surface area contributed by atoms with E-state index >= 15 is 0 Å². The molecule has 0 unspecified atom stereocenters. The van der Waals surface area contributed by atoms with Crippen LogP contribution in [0.4, 0.5) is 0 Å². The Morgan fingerprint density at radius 1 is 1.43 bits per heavy atom. The van der Waals surface area contributed by atoms with Crippen LogP contribution in [0, 0.1) is 0 Å². The minimum Gasteiger partial charge on any atom is -0.481 e. The number of hydrogen-bond donors (Lipinski definition) is 1. The van der Waals surface area contributed by atoms with Gasteiger partial charge in [-0.3, -0.25) is 9.69 Å². The van der Waals surface area contributed by atoms with E-state index in [0.717, 1.165) is 47.5 Å². The first-order valence-electron chi connectivity index (χ1n) is 7.04. The number of hydrogen-bond acceptors (Lipinski definition) is 3. The van der Waals surface area contributed by atoms with E-state index in [-0.39, 0.29) is 12.5 Å². The summed E-state index contributed by atoms with van der Waals surface area (Å²) in [4.78, 5) is 12.8. The molecule has 0 radical (unpaired) electrons. The number of nitrogens with zero attached hydrogens (tertiary/aromatic N) is 1. The molecule has 1 aliphatic rings. The van der Waals surface area contributed by atoms with Gasteiger partial charge in [0.1, 0.15) is 0 Å². The number of aliphatic carboxylic acids is 1. The standard InChI is InChI=1S/C15H19BrClNO3/c16-12-2-1-11(14(17)9-12)10-18-6-3-13(4-7-18)21-8-5-15(19)20/h1-2,9,13H,3-8,10H2,(H,19,20). The molecule has 0 aromatic heterocycles. The lowest BCUT2D eigenvalue weighted by molar-refractivity contribution is -0.138. The molecule has 4 nitrogen and oxygen atoms in total. The summed E-state index contributed by atoms with van der Waals surface area (Å²) in [7, 11) is 0. The van der Waals surface area contributed by atoms with Crippen molar-refractivity contribution in [3.8, 4) is 0 Å². The van der Waals surface area contributed by atoms with Crippen molar-refractivity contribution in [1.29, 1.82) is 0 Å².